The maximum absolute atomic E-state index is 13.1. The van der Waals surface area contributed by atoms with Crippen LogP contribution < -0.4 is 16.4 Å². The summed E-state index contributed by atoms with van der Waals surface area (Å²) < 4.78 is 29.0. The Balaban J connectivity index is 2.97. The molecule has 1 aromatic rings. The highest BCUT2D eigenvalue weighted by atomic mass is 32.2. The lowest BCUT2D eigenvalue weighted by atomic mass is 9.99. The second-order valence-corrected chi connectivity index (χ2v) is 11.3. The minimum Gasteiger partial charge on any atom is -0.480 e. The largest absolute Gasteiger partial charge is 0.480 e. The average molecular weight is 518 g/mol. The van der Waals surface area contributed by atoms with E-state index >= 15 is 0 Å². The Hall–Kier alpha value is -1.66. The molecule has 5 unspecified atom stereocenters. The fraction of sp³-hybridized carbons (Fsp3) is 0.652. The molecule has 1 aromatic carbocycles. The third-order valence-electron chi connectivity index (χ3n) is 5.63. The summed E-state index contributed by atoms with van der Waals surface area (Å²) in [5, 5.41) is 15.3. The van der Waals surface area contributed by atoms with E-state index in [-0.39, 0.29) is 43.2 Å². The molecule has 5 atom stereocenters. The van der Waals surface area contributed by atoms with Crippen molar-refractivity contribution in [3.8, 4) is 0 Å². The van der Waals surface area contributed by atoms with Crippen LogP contribution in [-0.4, -0.2) is 80.5 Å². The number of amides is 1. The number of carboxylic acids is 1. The summed E-state index contributed by atoms with van der Waals surface area (Å²) in [7, 11) is -3.38. The first-order valence-corrected chi connectivity index (χ1v) is 14.1. The van der Waals surface area contributed by atoms with E-state index in [4.69, 9.17) is 10.5 Å². The summed E-state index contributed by atoms with van der Waals surface area (Å²) >= 11 is 4.21. The number of rotatable bonds is 17. The zero-order chi connectivity index (χ0) is 25.7. The number of sulfone groups is 1. The van der Waals surface area contributed by atoms with E-state index in [1.165, 1.54) is 0 Å². The van der Waals surface area contributed by atoms with Gasteiger partial charge in [-0.25, -0.2) is 13.2 Å². The topological polar surface area (TPSA) is 148 Å². The van der Waals surface area contributed by atoms with Gasteiger partial charge in [0.05, 0.1) is 12.4 Å². The molecule has 0 bridgehead atoms. The molecule has 0 aliphatic rings. The average Bonchev–Trinajstić information content (AvgIpc) is 2.79. The zero-order valence-electron chi connectivity index (χ0n) is 20.1. The molecule has 0 saturated heterocycles. The molecule has 0 fully saturated rings. The van der Waals surface area contributed by atoms with Crippen molar-refractivity contribution in [3.05, 3.63) is 35.9 Å². The van der Waals surface area contributed by atoms with E-state index in [0.29, 0.717) is 12.3 Å². The molecular formula is C23H39N3O6S2. The van der Waals surface area contributed by atoms with E-state index < -0.39 is 33.9 Å². The predicted octanol–water partition coefficient (Wildman–Crippen LogP) is 0.880. The number of benzene rings is 1. The number of aliphatic carboxylic acids is 1. The lowest BCUT2D eigenvalue weighted by Gasteiger charge is -2.28. The van der Waals surface area contributed by atoms with Gasteiger partial charge in [-0.05, 0) is 17.9 Å². The Morgan fingerprint density at radius 1 is 1.24 bits per heavy atom. The lowest BCUT2D eigenvalue weighted by molar-refractivity contribution is -0.144. The Bertz CT molecular complexity index is 854. The summed E-state index contributed by atoms with van der Waals surface area (Å²) in [6, 6.07) is 7.75. The molecule has 1 rings (SSSR count). The highest BCUT2D eigenvalue weighted by Gasteiger charge is 2.28. The van der Waals surface area contributed by atoms with Crippen LogP contribution in [0.15, 0.2) is 30.3 Å². The van der Waals surface area contributed by atoms with Crippen LogP contribution in [-0.2, 0) is 30.6 Å². The molecule has 194 valence electrons. The standard InChI is InChI=1S/C23H39N3O6S2/c1-4-16(2)20(25-13-18(24)15-33)14-32-21(12-17-8-6-5-7-9-17)22(27)26-19(23(28)29)10-11-34(3,30)31/h5-9,16,18-21,25,33H,4,10-15,24H2,1-3H3,(H,26,27)(H,28,29). The van der Waals surface area contributed by atoms with Gasteiger partial charge in [0.1, 0.15) is 22.0 Å². The minimum absolute atomic E-state index is 0.0671. The number of thiol groups is 1. The SMILES string of the molecule is CCC(C)C(COC(Cc1ccccc1)C(=O)NC(CCS(C)(=O)=O)C(=O)O)NCC(N)CS. The normalized spacial score (nSPS) is 16.3. The van der Waals surface area contributed by atoms with Gasteiger partial charge < -0.3 is 26.2 Å². The molecule has 5 N–H and O–H groups in total. The maximum Gasteiger partial charge on any atom is 0.326 e. The van der Waals surface area contributed by atoms with Gasteiger partial charge in [0.15, 0.2) is 0 Å². The molecule has 0 spiro atoms. The van der Waals surface area contributed by atoms with Crippen molar-refractivity contribution in [1.82, 2.24) is 10.6 Å². The Labute approximate surface area is 208 Å². The summed E-state index contributed by atoms with van der Waals surface area (Å²) in [6.45, 7) is 4.90. The minimum atomic E-state index is -3.38. The molecule has 34 heavy (non-hydrogen) atoms. The number of ether oxygens (including phenoxy) is 1. The van der Waals surface area contributed by atoms with Crippen LogP contribution >= 0.6 is 12.6 Å². The van der Waals surface area contributed by atoms with Crippen molar-refractivity contribution in [2.45, 2.75) is 57.3 Å². The second-order valence-electron chi connectivity index (χ2n) is 8.67. The maximum atomic E-state index is 13.1. The van der Waals surface area contributed by atoms with E-state index in [1.54, 1.807) is 0 Å². The van der Waals surface area contributed by atoms with Crippen LogP contribution in [0.1, 0.15) is 32.3 Å². The molecule has 0 aliphatic heterocycles. The van der Waals surface area contributed by atoms with E-state index in [1.807, 2.05) is 30.3 Å². The Morgan fingerprint density at radius 2 is 1.88 bits per heavy atom. The fourth-order valence-electron chi connectivity index (χ4n) is 3.21. The van der Waals surface area contributed by atoms with Crippen LogP contribution in [0.4, 0.5) is 0 Å². The summed E-state index contributed by atoms with van der Waals surface area (Å²) in [4.78, 5) is 24.7. The van der Waals surface area contributed by atoms with Crippen LogP contribution in [0, 0.1) is 5.92 Å². The van der Waals surface area contributed by atoms with Gasteiger partial charge in [-0.15, -0.1) is 0 Å². The first-order valence-electron chi connectivity index (χ1n) is 11.4. The van der Waals surface area contributed by atoms with Crippen LogP contribution in [0.25, 0.3) is 0 Å². The molecule has 0 aromatic heterocycles. The third-order valence-corrected chi connectivity index (χ3v) is 7.08. The molecule has 0 aliphatic carbocycles. The highest BCUT2D eigenvalue weighted by Crippen LogP contribution is 2.13. The molecule has 9 nitrogen and oxygen atoms in total. The number of carbonyl (C=O) groups excluding carboxylic acids is 1. The molecule has 1 amide bonds. The zero-order valence-corrected chi connectivity index (χ0v) is 21.9. The van der Waals surface area contributed by atoms with Crippen molar-refractivity contribution < 1.29 is 27.9 Å². The quantitative estimate of drug-likeness (QED) is 0.191. The monoisotopic (exact) mass is 517 g/mol. The van der Waals surface area contributed by atoms with Crippen LogP contribution in [0.5, 0.6) is 0 Å². The molecule has 0 radical (unpaired) electrons. The number of hydrogen-bond donors (Lipinski definition) is 5. The van der Waals surface area contributed by atoms with Gasteiger partial charge in [0.2, 0.25) is 5.91 Å². The van der Waals surface area contributed by atoms with E-state index in [0.717, 1.165) is 18.2 Å². The van der Waals surface area contributed by atoms with Gasteiger partial charge in [-0.3, -0.25) is 4.79 Å². The van der Waals surface area contributed by atoms with Crippen molar-refractivity contribution in [2.24, 2.45) is 11.7 Å². The van der Waals surface area contributed by atoms with E-state index in [2.05, 4.69) is 37.1 Å². The molecular weight excluding hydrogens is 478 g/mol. The summed E-state index contributed by atoms with van der Waals surface area (Å²) in [5.74, 6) is -1.46. The highest BCUT2D eigenvalue weighted by molar-refractivity contribution is 7.90. The number of nitrogens with one attached hydrogen (secondary N) is 2. The summed E-state index contributed by atoms with van der Waals surface area (Å²) in [5.41, 5.74) is 6.83. The predicted molar refractivity (Wildman–Crippen MR) is 137 cm³/mol. The van der Waals surface area contributed by atoms with Crippen LogP contribution in [0.3, 0.4) is 0 Å². The molecule has 0 heterocycles. The van der Waals surface area contributed by atoms with Gasteiger partial charge in [0, 0.05) is 37.1 Å². The van der Waals surface area contributed by atoms with Gasteiger partial charge in [-0.2, -0.15) is 12.6 Å². The second kappa shape index (κ2) is 15.4. The van der Waals surface area contributed by atoms with Gasteiger partial charge in [0.25, 0.3) is 0 Å². The fourth-order valence-corrected chi connectivity index (χ4v) is 4.00. The van der Waals surface area contributed by atoms with Gasteiger partial charge >= 0.3 is 5.97 Å². The number of carbonyl (C=O) groups is 2. The molecule has 11 heteroatoms. The van der Waals surface area contributed by atoms with Crippen molar-refractivity contribution in [2.75, 3.05) is 30.9 Å². The van der Waals surface area contributed by atoms with Crippen molar-refractivity contribution in [3.63, 3.8) is 0 Å². The number of carboxylic acid groups (broad SMARTS) is 1. The molecule has 0 saturated carbocycles. The van der Waals surface area contributed by atoms with E-state index in [9.17, 15) is 23.1 Å². The summed E-state index contributed by atoms with van der Waals surface area (Å²) in [6.07, 6.45) is 0.982. The van der Waals surface area contributed by atoms with Gasteiger partial charge in [-0.1, -0.05) is 50.6 Å². The third kappa shape index (κ3) is 12.2. The smallest absolute Gasteiger partial charge is 0.326 e. The first kappa shape index (κ1) is 30.4. The Morgan fingerprint density at radius 3 is 2.41 bits per heavy atom. The number of hydrogen-bond acceptors (Lipinski definition) is 8. The van der Waals surface area contributed by atoms with Crippen molar-refractivity contribution in [1.29, 1.82) is 0 Å². The van der Waals surface area contributed by atoms with Crippen molar-refractivity contribution >= 4 is 34.3 Å². The van der Waals surface area contributed by atoms with Crippen LogP contribution in [0.2, 0.25) is 0 Å². The lowest BCUT2D eigenvalue weighted by Crippen LogP contribution is -2.50. The first-order chi connectivity index (χ1) is 16.0. The Kier molecular flexibility index (Phi) is 13.7. The number of nitrogens with two attached hydrogens (primary N) is 1.